The maximum absolute atomic E-state index is 13.1. The number of ether oxygens (including phenoxy) is 2. The average molecular weight is 383 g/mol. The molecule has 5 nitrogen and oxygen atoms in total. The molecule has 0 atom stereocenters. The van der Waals surface area contributed by atoms with Crippen LogP contribution in [0.5, 0.6) is 11.5 Å². The second-order valence-electron chi connectivity index (χ2n) is 7.35. The molecule has 0 radical (unpaired) electrons. The normalized spacial score (nSPS) is 15.2. The third-order valence-electron chi connectivity index (χ3n) is 5.53. The first-order chi connectivity index (χ1) is 13.5. The molecule has 0 aliphatic carbocycles. The number of hydrogen-bond donors (Lipinski definition) is 0. The maximum atomic E-state index is 13.1. The molecular weight excluding hydrogens is 352 g/mol. The monoisotopic (exact) mass is 382 g/mol. The van der Waals surface area contributed by atoms with Gasteiger partial charge in [-0.25, -0.2) is 0 Å². The lowest BCUT2D eigenvalue weighted by atomic mass is 10.1. The fourth-order valence-electron chi connectivity index (χ4n) is 3.75. The van der Waals surface area contributed by atoms with Crippen LogP contribution in [0.2, 0.25) is 0 Å². The van der Waals surface area contributed by atoms with Crippen molar-refractivity contribution in [2.75, 3.05) is 40.4 Å². The van der Waals surface area contributed by atoms with E-state index in [0.29, 0.717) is 17.1 Å². The van der Waals surface area contributed by atoms with Crippen LogP contribution >= 0.6 is 0 Å². The summed E-state index contributed by atoms with van der Waals surface area (Å²) in [7, 11) is 3.23. The van der Waals surface area contributed by atoms with E-state index in [4.69, 9.17) is 9.47 Å². The predicted molar refractivity (Wildman–Crippen MR) is 111 cm³/mol. The summed E-state index contributed by atoms with van der Waals surface area (Å²) >= 11 is 0. The van der Waals surface area contributed by atoms with Crippen molar-refractivity contribution in [2.24, 2.45) is 0 Å². The van der Waals surface area contributed by atoms with Crippen LogP contribution in [0.3, 0.4) is 0 Å². The number of amides is 1. The third-order valence-corrected chi connectivity index (χ3v) is 5.53. The number of methoxy groups -OCH3 is 2. The minimum atomic E-state index is 0.0364. The SMILES string of the molecule is COc1cc(C(=O)N2CCCN(Cc3ccccc3C)CC2)cc(OC)c1C. The van der Waals surface area contributed by atoms with Crippen LogP contribution < -0.4 is 9.47 Å². The maximum Gasteiger partial charge on any atom is 0.254 e. The van der Waals surface area contributed by atoms with E-state index in [1.807, 2.05) is 24.0 Å². The summed E-state index contributed by atoms with van der Waals surface area (Å²) < 4.78 is 10.9. The van der Waals surface area contributed by atoms with Gasteiger partial charge in [0.15, 0.2) is 0 Å². The first-order valence-electron chi connectivity index (χ1n) is 9.82. The molecule has 0 N–H and O–H groups in total. The van der Waals surface area contributed by atoms with Crippen LogP contribution in [0.15, 0.2) is 36.4 Å². The molecule has 2 aromatic carbocycles. The molecule has 28 heavy (non-hydrogen) atoms. The second kappa shape index (κ2) is 9.11. The number of benzene rings is 2. The standard InChI is InChI=1S/C23H30N2O3/c1-17-8-5-6-9-19(17)16-24-10-7-11-25(13-12-24)23(26)20-14-21(27-3)18(2)22(15-20)28-4/h5-6,8-9,14-15H,7,10-13,16H2,1-4H3. The van der Waals surface area contributed by atoms with Gasteiger partial charge in [-0.05, 0) is 43.5 Å². The fraction of sp³-hybridized carbons (Fsp3) is 0.435. The van der Waals surface area contributed by atoms with E-state index in [2.05, 4.69) is 36.1 Å². The van der Waals surface area contributed by atoms with Gasteiger partial charge < -0.3 is 14.4 Å². The summed E-state index contributed by atoms with van der Waals surface area (Å²) in [5.74, 6) is 1.40. The van der Waals surface area contributed by atoms with Gasteiger partial charge in [-0.15, -0.1) is 0 Å². The van der Waals surface area contributed by atoms with Gasteiger partial charge in [0.2, 0.25) is 0 Å². The number of carbonyl (C=O) groups excluding carboxylic acids is 1. The van der Waals surface area contributed by atoms with E-state index < -0.39 is 0 Å². The van der Waals surface area contributed by atoms with Gasteiger partial charge >= 0.3 is 0 Å². The highest BCUT2D eigenvalue weighted by Gasteiger charge is 2.22. The molecule has 1 aliphatic rings. The molecule has 0 aromatic heterocycles. The largest absolute Gasteiger partial charge is 0.496 e. The summed E-state index contributed by atoms with van der Waals surface area (Å²) in [6.07, 6.45) is 0.970. The van der Waals surface area contributed by atoms with Crippen LogP contribution in [0.25, 0.3) is 0 Å². The number of rotatable bonds is 5. The summed E-state index contributed by atoms with van der Waals surface area (Å²) in [4.78, 5) is 17.5. The molecule has 150 valence electrons. The Morgan fingerprint density at radius 3 is 2.29 bits per heavy atom. The Morgan fingerprint density at radius 2 is 1.64 bits per heavy atom. The van der Waals surface area contributed by atoms with E-state index in [9.17, 15) is 4.79 Å². The molecular formula is C23H30N2O3. The average Bonchev–Trinajstić information content (AvgIpc) is 2.95. The molecule has 0 spiro atoms. The molecule has 3 rings (SSSR count). The minimum Gasteiger partial charge on any atom is -0.496 e. The third kappa shape index (κ3) is 4.47. The highest BCUT2D eigenvalue weighted by atomic mass is 16.5. The van der Waals surface area contributed by atoms with Crippen molar-refractivity contribution < 1.29 is 14.3 Å². The first kappa shape index (κ1) is 20.2. The topological polar surface area (TPSA) is 42.0 Å². The van der Waals surface area contributed by atoms with Gasteiger partial charge in [0.1, 0.15) is 11.5 Å². The van der Waals surface area contributed by atoms with Crippen LogP contribution in [0, 0.1) is 13.8 Å². The number of aryl methyl sites for hydroxylation is 1. The van der Waals surface area contributed by atoms with E-state index in [-0.39, 0.29) is 5.91 Å². The lowest BCUT2D eigenvalue weighted by molar-refractivity contribution is 0.0760. The first-order valence-corrected chi connectivity index (χ1v) is 9.82. The highest BCUT2D eigenvalue weighted by molar-refractivity contribution is 5.95. The zero-order valence-electron chi connectivity index (χ0n) is 17.3. The van der Waals surface area contributed by atoms with Gasteiger partial charge in [-0.2, -0.15) is 0 Å². The van der Waals surface area contributed by atoms with Crippen molar-refractivity contribution in [2.45, 2.75) is 26.8 Å². The summed E-state index contributed by atoms with van der Waals surface area (Å²) in [5.41, 5.74) is 4.20. The Kier molecular flexibility index (Phi) is 6.57. The lowest BCUT2D eigenvalue weighted by Gasteiger charge is -2.23. The van der Waals surface area contributed by atoms with Gasteiger partial charge in [0.05, 0.1) is 14.2 Å². The smallest absolute Gasteiger partial charge is 0.254 e. The van der Waals surface area contributed by atoms with Gasteiger partial charge in [0.25, 0.3) is 5.91 Å². The van der Waals surface area contributed by atoms with Crippen LogP contribution in [0.4, 0.5) is 0 Å². The minimum absolute atomic E-state index is 0.0364. The summed E-state index contributed by atoms with van der Waals surface area (Å²) in [6.45, 7) is 8.38. The molecule has 0 saturated carbocycles. The predicted octanol–water partition coefficient (Wildman–Crippen LogP) is 3.67. The van der Waals surface area contributed by atoms with E-state index in [1.165, 1.54) is 11.1 Å². The zero-order valence-corrected chi connectivity index (χ0v) is 17.3. The Hall–Kier alpha value is -2.53. The molecule has 1 aliphatic heterocycles. The molecule has 1 fully saturated rings. The molecule has 1 amide bonds. The van der Waals surface area contributed by atoms with Crippen LogP contribution in [0.1, 0.15) is 33.5 Å². The quantitative estimate of drug-likeness (QED) is 0.791. The lowest BCUT2D eigenvalue weighted by Crippen LogP contribution is -2.35. The van der Waals surface area contributed by atoms with Gasteiger partial charge in [0, 0.05) is 43.9 Å². The number of hydrogen-bond acceptors (Lipinski definition) is 4. The van der Waals surface area contributed by atoms with E-state index in [0.717, 1.165) is 44.7 Å². The van der Waals surface area contributed by atoms with Crippen molar-refractivity contribution in [3.63, 3.8) is 0 Å². The van der Waals surface area contributed by atoms with Crippen molar-refractivity contribution >= 4 is 5.91 Å². The van der Waals surface area contributed by atoms with Gasteiger partial charge in [-0.3, -0.25) is 9.69 Å². The Bertz CT molecular complexity index is 809. The molecule has 0 unspecified atom stereocenters. The van der Waals surface area contributed by atoms with Crippen molar-refractivity contribution in [3.8, 4) is 11.5 Å². The van der Waals surface area contributed by atoms with E-state index >= 15 is 0 Å². The van der Waals surface area contributed by atoms with Crippen molar-refractivity contribution in [1.82, 2.24) is 9.80 Å². The van der Waals surface area contributed by atoms with Crippen LogP contribution in [-0.4, -0.2) is 56.1 Å². The summed E-state index contributed by atoms with van der Waals surface area (Å²) in [5, 5.41) is 0. The van der Waals surface area contributed by atoms with E-state index in [1.54, 1.807) is 14.2 Å². The Balaban J connectivity index is 1.70. The van der Waals surface area contributed by atoms with Crippen molar-refractivity contribution in [3.05, 3.63) is 58.7 Å². The highest BCUT2D eigenvalue weighted by Crippen LogP contribution is 2.30. The second-order valence-corrected chi connectivity index (χ2v) is 7.35. The summed E-state index contributed by atoms with van der Waals surface area (Å²) in [6, 6.07) is 12.1. The van der Waals surface area contributed by atoms with Crippen molar-refractivity contribution in [1.29, 1.82) is 0 Å². The van der Waals surface area contributed by atoms with Crippen LogP contribution in [-0.2, 0) is 6.54 Å². The Labute approximate surface area is 167 Å². The number of nitrogens with zero attached hydrogens (tertiary/aromatic N) is 2. The fourth-order valence-corrected chi connectivity index (χ4v) is 3.75. The van der Waals surface area contributed by atoms with Gasteiger partial charge in [-0.1, -0.05) is 24.3 Å². The molecule has 5 heteroatoms. The Morgan fingerprint density at radius 1 is 0.964 bits per heavy atom. The number of carbonyl (C=O) groups is 1. The molecule has 1 saturated heterocycles. The molecule has 0 bridgehead atoms. The zero-order chi connectivity index (χ0) is 20.1. The molecule has 2 aromatic rings. The molecule has 1 heterocycles.